The van der Waals surface area contributed by atoms with E-state index in [2.05, 4.69) is 15.4 Å². The van der Waals surface area contributed by atoms with Gasteiger partial charge in [-0.15, -0.1) is 0 Å². The fraction of sp³-hybridized carbons (Fsp3) is 0.333. The SMILES string of the molecule is Cc1[nH]c2ccc(NC(=O)C(N)CCc3cn[nH]c3C(F)(F)F)cc2c1C. The lowest BCUT2D eigenvalue weighted by atomic mass is 10.1. The molecule has 0 bridgehead atoms. The van der Waals surface area contributed by atoms with Crippen LogP contribution in [-0.4, -0.2) is 27.1 Å². The van der Waals surface area contributed by atoms with Crippen LogP contribution in [-0.2, 0) is 17.4 Å². The molecular weight excluding hydrogens is 359 g/mol. The first kappa shape index (κ1) is 19.0. The maximum absolute atomic E-state index is 12.8. The van der Waals surface area contributed by atoms with E-state index in [-0.39, 0.29) is 18.4 Å². The number of rotatable bonds is 5. The van der Waals surface area contributed by atoms with Crippen LogP contribution in [0.1, 0.15) is 28.9 Å². The summed E-state index contributed by atoms with van der Waals surface area (Å²) in [6.07, 6.45) is -3.34. The van der Waals surface area contributed by atoms with Crippen molar-refractivity contribution < 1.29 is 18.0 Å². The lowest BCUT2D eigenvalue weighted by Crippen LogP contribution is -2.36. The number of anilines is 1. The maximum atomic E-state index is 12.8. The topological polar surface area (TPSA) is 99.6 Å². The molecule has 0 fully saturated rings. The highest BCUT2D eigenvalue weighted by molar-refractivity contribution is 5.97. The molecule has 2 aromatic heterocycles. The third kappa shape index (κ3) is 3.97. The molecule has 1 unspecified atom stereocenters. The standard InChI is InChI=1S/C18H20F3N5O/c1-9-10(2)24-15-6-4-12(7-13(9)15)25-17(27)14(22)5-3-11-8-23-26-16(11)18(19,20)21/h4,6-8,14,24H,3,5,22H2,1-2H3,(H,23,26)(H,25,27). The molecule has 5 N–H and O–H groups in total. The minimum atomic E-state index is -4.51. The van der Waals surface area contributed by atoms with Gasteiger partial charge in [-0.2, -0.15) is 18.3 Å². The zero-order valence-corrected chi connectivity index (χ0v) is 14.9. The van der Waals surface area contributed by atoms with E-state index in [1.807, 2.05) is 31.1 Å². The van der Waals surface area contributed by atoms with Gasteiger partial charge in [0.25, 0.3) is 0 Å². The predicted octanol–water partition coefficient (Wildman–Crippen LogP) is 3.43. The fourth-order valence-corrected chi connectivity index (χ4v) is 2.96. The second-order valence-corrected chi connectivity index (χ2v) is 6.54. The van der Waals surface area contributed by atoms with E-state index in [1.54, 1.807) is 6.07 Å². The van der Waals surface area contributed by atoms with Gasteiger partial charge < -0.3 is 16.0 Å². The van der Waals surface area contributed by atoms with Crippen molar-refractivity contribution >= 4 is 22.5 Å². The highest BCUT2D eigenvalue weighted by Gasteiger charge is 2.35. The molecule has 1 aromatic carbocycles. The van der Waals surface area contributed by atoms with Crippen LogP contribution >= 0.6 is 0 Å². The zero-order chi connectivity index (χ0) is 19.8. The molecule has 0 radical (unpaired) electrons. The van der Waals surface area contributed by atoms with E-state index in [0.29, 0.717) is 5.69 Å². The van der Waals surface area contributed by atoms with Crippen molar-refractivity contribution in [2.45, 2.75) is 38.9 Å². The number of carbonyl (C=O) groups excluding carboxylic acids is 1. The molecule has 0 aliphatic heterocycles. The number of H-pyrrole nitrogens is 2. The van der Waals surface area contributed by atoms with Crippen molar-refractivity contribution in [1.82, 2.24) is 15.2 Å². The quantitative estimate of drug-likeness (QED) is 0.546. The Morgan fingerprint density at radius 1 is 1.33 bits per heavy atom. The molecule has 1 atom stereocenters. The van der Waals surface area contributed by atoms with E-state index in [4.69, 9.17) is 5.73 Å². The Kier molecular flexibility index (Phi) is 4.97. The highest BCUT2D eigenvalue weighted by atomic mass is 19.4. The van der Waals surface area contributed by atoms with Crippen LogP contribution in [0.2, 0.25) is 0 Å². The summed E-state index contributed by atoms with van der Waals surface area (Å²) in [5.41, 5.74) is 8.63. The molecule has 0 saturated heterocycles. The normalized spacial score (nSPS) is 13.1. The van der Waals surface area contributed by atoms with Gasteiger partial charge in [0.2, 0.25) is 5.91 Å². The summed E-state index contributed by atoms with van der Waals surface area (Å²) >= 11 is 0. The molecule has 0 spiro atoms. The van der Waals surface area contributed by atoms with Gasteiger partial charge in [-0.05, 0) is 50.5 Å². The van der Waals surface area contributed by atoms with Crippen LogP contribution < -0.4 is 11.1 Å². The number of aromatic amines is 2. The van der Waals surface area contributed by atoms with Gasteiger partial charge in [0.15, 0.2) is 0 Å². The maximum Gasteiger partial charge on any atom is 0.433 e. The van der Waals surface area contributed by atoms with E-state index < -0.39 is 23.8 Å². The number of hydrogen-bond acceptors (Lipinski definition) is 3. The van der Waals surface area contributed by atoms with E-state index >= 15 is 0 Å². The van der Waals surface area contributed by atoms with Gasteiger partial charge >= 0.3 is 6.18 Å². The molecule has 0 aliphatic carbocycles. The molecule has 3 rings (SSSR count). The van der Waals surface area contributed by atoms with E-state index in [1.165, 1.54) is 0 Å². The summed E-state index contributed by atoms with van der Waals surface area (Å²) in [5, 5.41) is 9.09. The summed E-state index contributed by atoms with van der Waals surface area (Å²) in [6.45, 7) is 3.95. The third-order valence-electron chi connectivity index (χ3n) is 4.64. The van der Waals surface area contributed by atoms with E-state index in [9.17, 15) is 18.0 Å². The number of nitrogens with zero attached hydrogens (tertiary/aromatic N) is 1. The van der Waals surface area contributed by atoms with Gasteiger partial charge in [-0.25, -0.2) is 0 Å². The zero-order valence-electron chi connectivity index (χ0n) is 14.9. The van der Waals surface area contributed by atoms with Crippen LogP contribution in [0, 0.1) is 13.8 Å². The largest absolute Gasteiger partial charge is 0.433 e. The highest BCUT2D eigenvalue weighted by Crippen LogP contribution is 2.30. The molecular formula is C18H20F3N5O. The first-order valence-electron chi connectivity index (χ1n) is 8.41. The summed E-state index contributed by atoms with van der Waals surface area (Å²) in [5.74, 6) is -0.448. The minimum absolute atomic E-state index is 0.00488. The Labute approximate surface area is 153 Å². The number of amides is 1. The number of hydrogen-bond donors (Lipinski definition) is 4. The molecule has 0 saturated carbocycles. The van der Waals surface area contributed by atoms with Crippen molar-refractivity contribution in [3.05, 3.63) is 46.9 Å². The lowest BCUT2D eigenvalue weighted by molar-refractivity contribution is -0.141. The smallest absolute Gasteiger partial charge is 0.358 e. The van der Waals surface area contributed by atoms with Crippen molar-refractivity contribution in [2.24, 2.45) is 5.73 Å². The number of nitrogens with two attached hydrogens (primary N) is 1. The second kappa shape index (κ2) is 7.07. The summed E-state index contributed by atoms with van der Waals surface area (Å²) in [4.78, 5) is 15.5. The number of aryl methyl sites for hydroxylation is 3. The Balaban J connectivity index is 1.64. The second-order valence-electron chi connectivity index (χ2n) is 6.54. The van der Waals surface area contributed by atoms with Gasteiger partial charge in [0, 0.05) is 27.8 Å². The van der Waals surface area contributed by atoms with Crippen molar-refractivity contribution in [1.29, 1.82) is 0 Å². The van der Waals surface area contributed by atoms with Crippen molar-refractivity contribution in [3.8, 4) is 0 Å². The summed E-state index contributed by atoms with van der Waals surface area (Å²) in [7, 11) is 0. The number of aromatic nitrogens is 3. The Morgan fingerprint density at radius 2 is 2.07 bits per heavy atom. The number of nitrogens with one attached hydrogen (secondary N) is 3. The van der Waals surface area contributed by atoms with Crippen molar-refractivity contribution in [3.63, 3.8) is 0 Å². The molecule has 3 aromatic rings. The monoisotopic (exact) mass is 379 g/mol. The minimum Gasteiger partial charge on any atom is -0.358 e. The van der Waals surface area contributed by atoms with Crippen LogP contribution in [0.5, 0.6) is 0 Å². The van der Waals surface area contributed by atoms with Gasteiger partial charge in [-0.1, -0.05) is 0 Å². The number of benzene rings is 1. The van der Waals surface area contributed by atoms with Crippen LogP contribution in [0.15, 0.2) is 24.4 Å². The molecule has 6 nitrogen and oxygen atoms in total. The number of halogens is 3. The van der Waals surface area contributed by atoms with Crippen LogP contribution in [0.4, 0.5) is 18.9 Å². The molecule has 1 amide bonds. The Hall–Kier alpha value is -2.81. The summed E-state index contributed by atoms with van der Waals surface area (Å²) < 4.78 is 38.5. The third-order valence-corrected chi connectivity index (χ3v) is 4.64. The van der Waals surface area contributed by atoms with Crippen LogP contribution in [0.3, 0.4) is 0 Å². The van der Waals surface area contributed by atoms with Gasteiger partial charge in [-0.3, -0.25) is 9.89 Å². The fourth-order valence-electron chi connectivity index (χ4n) is 2.96. The predicted molar refractivity (Wildman–Crippen MR) is 96.3 cm³/mol. The van der Waals surface area contributed by atoms with E-state index in [0.717, 1.165) is 28.4 Å². The molecule has 0 aliphatic rings. The van der Waals surface area contributed by atoms with Gasteiger partial charge in [0.1, 0.15) is 5.69 Å². The lowest BCUT2D eigenvalue weighted by Gasteiger charge is -2.13. The average molecular weight is 379 g/mol. The molecule has 144 valence electrons. The first-order chi connectivity index (χ1) is 12.7. The van der Waals surface area contributed by atoms with Crippen molar-refractivity contribution in [2.75, 3.05) is 5.32 Å². The Morgan fingerprint density at radius 3 is 2.78 bits per heavy atom. The van der Waals surface area contributed by atoms with Crippen LogP contribution in [0.25, 0.3) is 10.9 Å². The number of alkyl halides is 3. The molecule has 2 heterocycles. The number of fused-ring (bicyclic) bond motifs is 1. The first-order valence-corrected chi connectivity index (χ1v) is 8.41. The van der Waals surface area contributed by atoms with Gasteiger partial charge in [0.05, 0.1) is 12.2 Å². The molecule has 27 heavy (non-hydrogen) atoms. The Bertz CT molecular complexity index is 973. The number of carbonyl (C=O) groups is 1. The summed E-state index contributed by atoms with van der Waals surface area (Å²) in [6, 6.07) is 4.51. The average Bonchev–Trinajstić information content (AvgIpc) is 3.18. The molecule has 9 heteroatoms.